The van der Waals surface area contributed by atoms with Gasteiger partial charge >= 0.3 is 0 Å². The van der Waals surface area contributed by atoms with Crippen LogP contribution in [0.15, 0.2) is 0 Å². The summed E-state index contributed by atoms with van der Waals surface area (Å²) in [5.74, 6) is -2.66. The van der Waals surface area contributed by atoms with Gasteiger partial charge in [0.15, 0.2) is 0 Å². The van der Waals surface area contributed by atoms with E-state index in [4.69, 9.17) is 0 Å². The number of imide groups is 2. The number of hydrogen-bond donors (Lipinski definition) is 0. The summed E-state index contributed by atoms with van der Waals surface area (Å²) in [6, 6.07) is 0. The summed E-state index contributed by atoms with van der Waals surface area (Å²) < 4.78 is 0. The predicted octanol–water partition coefficient (Wildman–Crippen LogP) is -0.0795. The standard InChI is InChI=1S/C12H16N2O4/c1-3-4-5-6-7-14-10(17)12(11(14)18)8(15)13(2)9(12)16/h3-7H2,1-2H3. The normalized spacial score (nSPS) is 21.4. The molecule has 4 amide bonds. The predicted molar refractivity (Wildman–Crippen MR) is 61.1 cm³/mol. The maximum Gasteiger partial charge on any atom is 0.284 e. The molecule has 98 valence electrons. The van der Waals surface area contributed by atoms with Crippen LogP contribution in [0.5, 0.6) is 0 Å². The van der Waals surface area contributed by atoms with Gasteiger partial charge in [0.25, 0.3) is 29.0 Å². The van der Waals surface area contributed by atoms with E-state index in [0.717, 1.165) is 35.5 Å². The molecule has 0 bridgehead atoms. The van der Waals surface area contributed by atoms with Crippen LogP contribution < -0.4 is 0 Å². The lowest BCUT2D eigenvalue weighted by Crippen LogP contribution is -2.83. The lowest BCUT2D eigenvalue weighted by molar-refractivity contribution is -0.198. The molecular formula is C12H16N2O4. The Morgan fingerprint density at radius 3 is 1.94 bits per heavy atom. The Hall–Kier alpha value is -1.72. The number of β-lactam (4-membered cyclic amide) rings is 4. The monoisotopic (exact) mass is 252 g/mol. The Labute approximate surface area is 105 Å². The maximum atomic E-state index is 11.8. The second-order valence-electron chi connectivity index (χ2n) is 4.74. The largest absolute Gasteiger partial charge is 0.284 e. The summed E-state index contributed by atoms with van der Waals surface area (Å²) in [6.45, 7) is 2.38. The molecule has 0 aromatic rings. The van der Waals surface area contributed by atoms with Crippen LogP contribution in [-0.2, 0) is 19.2 Å². The Bertz CT molecular complexity index is 409. The van der Waals surface area contributed by atoms with Gasteiger partial charge in [-0.1, -0.05) is 26.2 Å². The van der Waals surface area contributed by atoms with Crippen molar-refractivity contribution in [3.05, 3.63) is 0 Å². The fourth-order valence-electron chi connectivity index (χ4n) is 2.44. The number of nitrogens with zero attached hydrogens (tertiary/aromatic N) is 2. The molecule has 0 aliphatic carbocycles. The maximum absolute atomic E-state index is 11.8. The molecule has 0 saturated carbocycles. The average Bonchev–Trinajstić information content (AvgIpc) is 2.38. The molecule has 0 radical (unpaired) electrons. The molecule has 0 unspecified atom stereocenters. The van der Waals surface area contributed by atoms with Crippen molar-refractivity contribution in [2.75, 3.05) is 13.6 Å². The van der Waals surface area contributed by atoms with Gasteiger partial charge in [-0.3, -0.25) is 29.0 Å². The Morgan fingerprint density at radius 2 is 1.44 bits per heavy atom. The van der Waals surface area contributed by atoms with E-state index in [2.05, 4.69) is 6.92 Å². The molecule has 2 saturated heterocycles. The zero-order chi connectivity index (χ0) is 13.5. The quantitative estimate of drug-likeness (QED) is 0.389. The summed E-state index contributed by atoms with van der Waals surface area (Å²) in [5.41, 5.74) is -1.99. The third-order valence-corrected chi connectivity index (χ3v) is 3.62. The summed E-state index contributed by atoms with van der Waals surface area (Å²) in [6.07, 6.45) is 3.76. The van der Waals surface area contributed by atoms with E-state index in [0.29, 0.717) is 6.54 Å². The number of hydrogen-bond acceptors (Lipinski definition) is 4. The molecular weight excluding hydrogens is 236 g/mol. The molecule has 2 aliphatic heterocycles. The third kappa shape index (κ3) is 1.28. The van der Waals surface area contributed by atoms with Gasteiger partial charge in [-0.2, -0.15) is 0 Å². The first-order valence-electron chi connectivity index (χ1n) is 6.18. The van der Waals surface area contributed by atoms with Crippen molar-refractivity contribution in [2.24, 2.45) is 5.41 Å². The van der Waals surface area contributed by atoms with Crippen LogP contribution >= 0.6 is 0 Å². The van der Waals surface area contributed by atoms with Crippen LogP contribution in [0.1, 0.15) is 32.6 Å². The first-order chi connectivity index (χ1) is 8.49. The number of carbonyl (C=O) groups excluding carboxylic acids is 4. The van der Waals surface area contributed by atoms with Crippen molar-refractivity contribution < 1.29 is 19.2 Å². The van der Waals surface area contributed by atoms with E-state index in [-0.39, 0.29) is 0 Å². The smallest absolute Gasteiger partial charge is 0.282 e. The van der Waals surface area contributed by atoms with Gasteiger partial charge in [0.2, 0.25) is 0 Å². The van der Waals surface area contributed by atoms with Crippen molar-refractivity contribution in [3.8, 4) is 0 Å². The van der Waals surface area contributed by atoms with E-state index >= 15 is 0 Å². The van der Waals surface area contributed by atoms with Crippen LogP contribution in [0.25, 0.3) is 0 Å². The van der Waals surface area contributed by atoms with Gasteiger partial charge in [-0.25, -0.2) is 0 Å². The fraction of sp³-hybridized carbons (Fsp3) is 0.667. The van der Waals surface area contributed by atoms with Crippen molar-refractivity contribution in [1.29, 1.82) is 0 Å². The zero-order valence-corrected chi connectivity index (χ0v) is 10.6. The van der Waals surface area contributed by atoms with Crippen LogP contribution in [0.3, 0.4) is 0 Å². The number of amides is 4. The molecule has 0 aromatic heterocycles. The van der Waals surface area contributed by atoms with E-state index in [1.54, 1.807) is 0 Å². The third-order valence-electron chi connectivity index (χ3n) is 3.62. The molecule has 0 atom stereocenters. The Balaban J connectivity index is 1.97. The summed E-state index contributed by atoms with van der Waals surface area (Å²) in [7, 11) is 1.28. The van der Waals surface area contributed by atoms with Gasteiger partial charge in [0.1, 0.15) is 0 Å². The summed E-state index contributed by atoms with van der Waals surface area (Å²) >= 11 is 0. The zero-order valence-electron chi connectivity index (χ0n) is 10.6. The van der Waals surface area contributed by atoms with Crippen LogP contribution in [0.4, 0.5) is 0 Å². The highest BCUT2D eigenvalue weighted by molar-refractivity contribution is 6.52. The van der Waals surface area contributed by atoms with Crippen LogP contribution in [0, 0.1) is 5.41 Å². The van der Waals surface area contributed by atoms with Crippen LogP contribution in [-0.4, -0.2) is 47.0 Å². The van der Waals surface area contributed by atoms with Crippen molar-refractivity contribution >= 4 is 23.6 Å². The number of carbonyl (C=O) groups is 4. The minimum atomic E-state index is -1.99. The molecule has 6 heteroatoms. The number of likely N-dealkylation sites (tertiary alicyclic amines) is 2. The van der Waals surface area contributed by atoms with Gasteiger partial charge in [0.05, 0.1) is 0 Å². The molecule has 0 N–H and O–H groups in total. The lowest BCUT2D eigenvalue weighted by atomic mass is 9.69. The first kappa shape index (κ1) is 12.7. The highest BCUT2D eigenvalue weighted by atomic mass is 16.2. The van der Waals surface area contributed by atoms with E-state index < -0.39 is 29.0 Å². The van der Waals surface area contributed by atoms with Gasteiger partial charge in [-0.05, 0) is 6.42 Å². The second kappa shape index (κ2) is 4.19. The van der Waals surface area contributed by atoms with Crippen molar-refractivity contribution in [1.82, 2.24) is 9.80 Å². The molecule has 6 nitrogen and oxygen atoms in total. The van der Waals surface area contributed by atoms with Crippen LogP contribution in [0.2, 0.25) is 0 Å². The minimum Gasteiger partial charge on any atom is -0.282 e. The molecule has 2 heterocycles. The molecule has 18 heavy (non-hydrogen) atoms. The average molecular weight is 252 g/mol. The van der Waals surface area contributed by atoms with E-state index in [1.165, 1.54) is 7.05 Å². The SMILES string of the molecule is CCCCCCN1C(=O)C2(C(=O)N(C)C2=O)C1=O. The van der Waals surface area contributed by atoms with Crippen molar-refractivity contribution in [3.63, 3.8) is 0 Å². The van der Waals surface area contributed by atoms with Crippen molar-refractivity contribution in [2.45, 2.75) is 32.6 Å². The first-order valence-corrected chi connectivity index (χ1v) is 6.18. The second-order valence-corrected chi connectivity index (χ2v) is 4.74. The minimum absolute atomic E-state index is 0.309. The molecule has 0 aromatic carbocycles. The van der Waals surface area contributed by atoms with E-state index in [1.807, 2.05) is 0 Å². The fourth-order valence-corrected chi connectivity index (χ4v) is 2.44. The highest BCUT2D eigenvalue weighted by Crippen LogP contribution is 2.44. The van der Waals surface area contributed by atoms with Gasteiger partial charge < -0.3 is 0 Å². The number of unbranched alkanes of at least 4 members (excludes halogenated alkanes) is 3. The molecule has 1 spiro atoms. The van der Waals surface area contributed by atoms with Gasteiger partial charge in [-0.15, -0.1) is 0 Å². The van der Waals surface area contributed by atoms with E-state index in [9.17, 15) is 19.2 Å². The summed E-state index contributed by atoms with van der Waals surface area (Å²) in [4.78, 5) is 48.6. The summed E-state index contributed by atoms with van der Waals surface area (Å²) in [5, 5.41) is 0. The molecule has 2 fully saturated rings. The highest BCUT2D eigenvalue weighted by Gasteiger charge is 2.79. The number of rotatable bonds is 5. The molecule has 2 rings (SSSR count). The Kier molecular flexibility index (Phi) is 2.96. The lowest BCUT2D eigenvalue weighted by Gasteiger charge is -2.51. The molecule has 2 aliphatic rings. The van der Waals surface area contributed by atoms with Gasteiger partial charge in [0, 0.05) is 13.6 Å². The topological polar surface area (TPSA) is 74.8 Å². The Morgan fingerprint density at radius 1 is 0.889 bits per heavy atom.